The van der Waals surface area contributed by atoms with Crippen molar-refractivity contribution < 1.29 is 19.1 Å². The molecule has 0 atom stereocenters. The Morgan fingerprint density at radius 1 is 0.912 bits per heavy atom. The number of nitrogens with zero attached hydrogens (tertiary/aromatic N) is 2. The van der Waals surface area contributed by atoms with Gasteiger partial charge in [0, 0.05) is 5.39 Å². The van der Waals surface area contributed by atoms with Crippen LogP contribution in [0.4, 0.5) is 5.69 Å². The number of aryl methyl sites for hydroxylation is 1. The molecular weight excluding hydrogens is 475 g/mol. The fraction of sp³-hybridized carbons (Fsp3) is 0.0769. The molecular formula is C26H16Cl2N2O4. The number of imide groups is 1. The van der Waals surface area contributed by atoms with Crippen molar-refractivity contribution in [1.82, 2.24) is 4.98 Å². The molecule has 0 fully saturated rings. The van der Waals surface area contributed by atoms with Crippen molar-refractivity contribution >= 4 is 57.6 Å². The summed E-state index contributed by atoms with van der Waals surface area (Å²) in [5.41, 5.74) is 2.48. The van der Waals surface area contributed by atoms with E-state index in [9.17, 15) is 14.4 Å². The van der Waals surface area contributed by atoms with Crippen LogP contribution in [0, 0.1) is 6.92 Å². The van der Waals surface area contributed by atoms with Gasteiger partial charge in [0.15, 0.2) is 0 Å². The van der Waals surface area contributed by atoms with Gasteiger partial charge in [-0.1, -0.05) is 59.6 Å². The second-order valence-electron chi connectivity index (χ2n) is 7.75. The van der Waals surface area contributed by atoms with Gasteiger partial charge in [-0.15, -0.1) is 0 Å². The van der Waals surface area contributed by atoms with Gasteiger partial charge in [0.1, 0.15) is 6.61 Å². The van der Waals surface area contributed by atoms with Crippen LogP contribution < -0.4 is 4.90 Å². The molecule has 1 aliphatic heterocycles. The van der Waals surface area contributed by atoms with Crippen molar-refractivity contribution in [1.29, 1.82) is 0 Å². The summed E-state index contributed by atoms with van der Waals surface area (Å²) in [6, 6.07) is 18.4. The minimum Gasteiger partial charge on any atom is -0.457 e. The van der Waals surface area contributed by atoms with E-state index in [2.05, 4.69) is 4.98 Å². The predicted molar refractivity (Wildman–Crippen MR) is 130 cm³/mol. The third kappa shape index (κ3) is 3.61. The van der Waals surface area contributed by atoms with E-state index in [-0.39, 0.29) is 29.0 Å². The Hall–Kier alpha value is -3.74. The summed E-state index contributed by atoms with van der Waals surface area (Å²) in [4.78, 5) is 45.3. The van der Waals surface area contributed by atoms with Gasteiger partial charge in [0.05, 0.1) is 43.6 Å². The Morgan fingerprint density at radius 3 is 2.41 bits per heavy atom. The summed E-state index contributed by atoms with van der Waals surface area (Å²) < 4.78 is 5.45. The molecule has 0 aliphatic carbocycles. The maximum atomic E-state index is 13.5. The molecule has 2 amide bonds. The highest BCUT2D eigenvalue weighted by Gasteiger charge is 2.41. The van der Waals surface area contributed by atoms with Crippen molar-refractivity contribution in [3.8, 4) is 0 Å². The molecule has 0 saturated carbocycles. The number of carbonyl (C=O) groups excluding carboxylic acids is 3. The van der Waals surface area contributed by atoms with Gasteiger partial charge in [-0.05, 0) is 42.8 Å². The zero-order chi connectivity index (χ0) is 24.0. The second kappa shape index (κ2) is 8.56. The molecule has 0 N–H and O–H groups in total. The SMILES string of the molecule is Cc1nc2ccccc2c2c1C(=O)N(c1ccccc1C(=O)OCc1ccc(Cl)c(Cl)c1)C2=O. The summed E-state index contributed by atoms with van der Waals surface area (Å²) in [6.45, 7) is 1.64. The maximum Gasteiger partial charge on any atom is 0.340 e. The second-order valence-corrected chi connectivity index (χ2v) is 8.57. The van der Waals surface area contributed by atoms with E-state index in [0.717, 1.165) is 4.90 Å². The van der Waals surface area contributed by atoms with E-state index in [1.54, 1.807) is 61.5 Å². The van der Waals surface area contributed by atoms with Gasteiger partial charge in [-0.25, -0.2) is 9.69 Å². The number of amides is 2. The average molecular weight is 491 g/mol. The number of carbonyl (C=O) groups is 3. The first kappa shape index (κ1) is 22.1. The topological polar surface area (TPSA) is 76.6 Å². The Morgan fingerprint density at radius 2 is 1.62 bits per heavy atom. The molecule has 168 valence electrons. The number of halogens is 2. The molecule has 0 radical (unpaired) electrons. The molecule has 2 heterocycles. The lowest BCUT2D eigenvalue weighted by Gasteiger charge is -2.17. The lowest BCUT2D eigenvalue weighted by atomic mass is 10.0. The first-order valence-corrected chi connectivity index (χ1v) is 11.1. The highest BCUT2D eigenvalue weighted by molar-refractivity contribution is 6.42. The first-order chi connectivity index (χ1) is 16.4. The maximum absolute atomic E-state index is 13.5. The Bertz CT molecular complexity index is 1520. The fourth-order valence-electron chi connectivity index (χ4n) is 4.05. The summed E-state index contributed by atoms with van der Waals surface area (Å²) >= 11 is 12.0. The van der Waals surface area contributed by atoms with Crippen LogP contribution in [0.1, 0.15) is 42.3 Å². The van der Waals surface area contributed by atoms with Gasteiger partial charge in [-0.2, -0.15) is 0 Å². The number of benzene rings is 3. The highest BCUT2D eigenvalue weighted by Crippen LogP contribution is 2.36. The molecule has 4 aromatic rings. The zero-order valence-electron chi connectivity index (χ0n) is 17.8. The number of pyridine rings is 1. The first-order valence-electron chi connectivity index (χ1n) is 10.3. The molecule has 3 aromatic carbocycles. The van der Waals surface area contributed by atoms with Crippen molar-refractivity contribution in [3.05, 3.63) is 105 Å². The minimum atomic E-state index is -0.682. The van der Waals surface area contributed by atoms with Gasteiger partial charge in [0.2, 0.25) is 0 Å². The smallest absolute Gasteiger partial charge is 0.340 e. The van der Waals surface area contributed by atoms with E-state index in [1.165, 1.54) is 6.07 Å². The number of hydrogen-bond donors (Lipinski definition) is 0. The molecule has 0 saturated heterocycles. The number of anilines is 1. The fourth-order valence-corrected chi connectivity index (χ4v) is 4.37. The predicted octanol–water partition coefficient (Wildman–Crippen LogP) is 6.01. The standard InChI is InChI=1S/C26H16Cl2N2O4/c1-14-22-23(16-6-2-4-8-20(16)29-14)25(32)30(24(22)31)21-9-5-3-7-17(21)26(33)34-13-15-10-11-18(27)19(28)12-15/h2-12H,13H2,1H3. The highest BCUT2D eigenvalue weighted by atomic mass is 35.5. The van der Waals surface area contributed by atoms with Gasteiger partial charge >= 0.3 is 5.97 Å². The van der Waals surface area contributed by atoms with Crippen LogP contribution in [0.15, 0.2) is 66.7 Å². The largest absolute Gasteiger partial charge is 0.457 e. The number of esters is 1. The van der Waals surface area contributed by atoms with E-state index >= 15 is 0 Å². The van der Waals surface area contributed by atoms with Crippen molar-refractivity contribution in [2.24, 2.45) is 0 Å². The van der Waals surface area contributed by atoms with Gasteiger partial charge in [-0.3, -0.25) is 14.6 Å². The minimum absolute atomic E-state index is 0.0557. The summed E-state index contributed by atoms with van der Waals surface area (Å²) in [5.74, 6) is -1.72. The number of fused-ring (bicyclic) bond motifs is 3. The average Bonchev–Trinajstić information content (AvgIpc) is 3.10. The van der Waals surface area contributed by atoms with Crippen LogP contribution in [0.2, 0.25) is 10.0 Å². The Labute approximate surface area is 204 Å². The van der Waals surface area contributed by atoms with E-state index in [4.69, 9.17) is 27.9 Å². The molecule has 1 aromatic heterocycles. The molecule has 0 spiro atoms. The van der Waals surface area contributed by atoms with Gasteiger partial charge < -0.3 is 4.74 Å². The normalized spacial score (nSPS) is 12.9. The van der Waals surface area contributed by atoms with Crippen LogP contribution in [0.25, 0.3) is 10.9 Å². The third-order valence-corrected chi connectivity index (χ3v) is 6.37. The summed E-state index contributed by atoms with van der Waals surface area (Å²) in [6.07, 6.45) is 0. The van der Waals surface area contributed by atoms with Crippen LogP contribution in [0.3, 0.4) is 0 Å². The van der Waals surface area contributed by atoms with Crippen LogP contribution >= 0.6 is 23.2 Å². The van der Waals surface area contributed by atoms with Crippen LogP contribution in [-0.4, -0.2) is 22.8 Å². The lowest BCUT2D eigenvalue weighted by molar-refractivity contribution is 0.0474. The molecule has 0 bridgehead atoms. The third-order valence-electron chi connectivity index (χ3n) is 5.63. The quantitative estimate of drug-likeness (QED) is 0.258. The van der Waals surface area contributed by atoms with Crippen LogP contribution in [0.5, 0.6) is 0 Å². The molecule has 1 aliphatic rings. The lowest BCUT2D eigenvalue weighted by Crippen LogP contribution is -2.31. The van der Waals surface area contributed by atoms with Gasteiger partial charge in [0.25, 0.3) is 11.8 Å². The van der Waals surface area contributed by atoms with Crippen molar-refractivity contribution in [3.63, 3.8) is 0 Å². The molecule has 34 heavy (non-hydrogen) atoms. The summed E-state index contributed by atoms with van der Waals surface area (Å²) in [5, 5.41) is 1.33. The Kier molecular flexibility index (Phi) is 5.55. The van der Waals surface area contributed by atoms with Crippen molar-refractivity contribution in [2.45, 2.75) is 13.5 Å². The number of rotatable bonds is 4. The molecule has 6 nitrogen and oxygen atoms in total. The Balaban J connectivity index is 1.50. The molecule has 5 rings (SSSR count). The van der Waals surface area contributed by atoms with E-state index < -0.39 is 17.8 Å². The summed E-state index contributed by atoms with van der Waals surface area (Å²) in [7, 11) is 0. The monoisotopic (exact) mass is 490 g/mol. The van der Waals surface area contributed by atoms with E-state index in [1.807, 2.05) is 6.07 Å². The zero-order valence-corrected chi connectivity index (χ0v) is 19.4. The number of ether oxygens (including phenoxy) is 1. The molecule has 0 unspecified atom stereocenters. The number of para-hydroxylation sites is 2. The van der Waals surface area contributed by atoms with E-state index in [0.29, 0.717) is 32.2 Å². The number of hydrogen-bond acceptors (Lipinski definition) is 5. The number of aromatic nitrogens is 1. The van der Waals surface area contributed by atoms with Crippen LogP contribution in [-0.2, 0) is 11.3 Å². The molecule has 8 heteroatoms. The van der Waals surface area contributed by atoms with Crippen molar-refractivity contribution in [2.75, 3.05) is 4.90 Å².